The zero-order valence-corrected chi connectivity index (χ0v) is 14.1. The number of nitrogens with two attached hydrogens (primary N) is 2. The number of guanidine groups is 2. The Bertz CT molecular complexity index is 848. The van der Waals surface area contributed by atoms with E-state index in [2.05, 4.69) is 20.1 Å². The lowest BCUT2D eigenvalue weighted by molar-refractivity contribution is 0.305. The molecular formula is C17H21N7O. The van der Waals surface area contributed by atoms with Gasteiger partial charge in [0.15, 0.2) is 5.82 Å². The van der Waals surface area contributed by atoms with Crippen molar-refractivity contribution in [1.29, 1.82) is 0 Å². The first-order valence-electron chi connectivity index (χ1n) is 8.48. The summed E-state index contributed by atoms with van der Waals surface area (Å²) in [5, 5.41) is 3.86. The van der Waals surface area contributed by atoms with Gasteiger partial charge in [0, 0.05) is 11.3 Å². The second-order valence-corrected chi connectivity index (χ2v) is 6.52. The lowest BCUT2D eigenvalue weighted by Crippen LogP contribution is -2.58. The number of aryl methyl sites for hydroxylation is 1. The van der Waals surface area contributed by atoms with E-state index >= 15 is 0 Å². The third-order valence-electron chi connectivity index (χ3n) is 4.73. The Morgan fingerprint density at radius 3 is 2.68 bits per heavy atom. The van der Waals surface area contributed by atoms with Crippen LogP contribution < -0.4 is 16.4 Å². The molecule has 1 spiro atoms. The van der Waals surface area contributed by atoms with Gasteiger partial charge in [-0.05, 0) is 50.8 Å². The van der Waals surface area contributed by atoms with Crippen molar-refractivity contribution in [3.63, 3.8) is 0 Å². The van der Waals surface area contributed by atoms with Crippen molar-refractivity contribution < 1.29 is 4.52 Å². The number of hydrogen-bond donors (Lipinski definition) is 2. The van der Waals surface area contributed by atoms with Crippen LogP contribution >= 0.6 is 0 Å². The van der Waals surface area contributed by atoms with Gasteiger partial charge in [-0.3, -0.25) is 4.90 Å². The van der Waals surface area contributed by atoms with Crippen LogP contribution in [-0.4, -0.2) is 27.7 Å². The summed E-state index contributed by atoms with van der Waals surface area (Å²) in [6.07, 6.45) is 5.16. The molecule has 0 saturated heterocycles. The molecule has 1 aromatic heterocycles. The molecule has 0 amide bonds. The van der Waals surface area contributed by atoms with Crippen LogP contribution in [0, 0.1) is 6.92 Å². The Hall–Kier alpha value is -2.90. The lowest BCUT2D eigenvalue weighted by atomic mass is 9.87. The number of hydrogen-bond acceptors (Lipinski definition) is 8. The van der Waals surface area contributed by atoms with Crippen molar-refractivity contribution in [2.24, 2.45) is 21.5 Å². The Morgan fingerprint density at radius 2 is 1.96 bits per heavy atom. The lowest BCUT2D eigenvalue weighted by Gasteiger charge is -2.45. The molecule has 2 heterocycles. The van der Waals surface area contributed by atoms with Gasteiger partial charge < -0.3 is 16.0 Å². The molecule has 8 nitrogen and oxygen atoms in total. The smallest absolute Gasteiger partial charge is 0.257 e. The molecule has 0 bridgehead atoms. The first-order chi connectivity index (χ1) is 12.1. The van der Waals surface area contributed by atoms with Gasteiger partial charge in [0.25, 0.3) is 5.89 Å². The maximum atomic E-state index is 6.26. The summed E-state index contributed by atoms with van der Waals surface area (Å²) in [4.78, 5) is 15.2. The molecule has 8 heteroatoms. The molecule has 25 heavy (non-hydrogen) atoms. The van der Waals surface area contributed by atoms with E-state index in [0.717, 1.165) is 36.9 Å². The van der Waals surface area contributed by atoms with E-state index in [9.17, 15) is 0 Å². The van der Waals surface area contributed by atoms with Crippen molar-refractivity contribution in [3.8, 4) is 11.5 Å². The highest BCUT2D eigenvalue weighted by molar-refractivity contribution is 6.05. The molecule has 130 valence electrons. The molecule has 1 aliphatic carbocycles. The van der Waals surface area contributed by atoms with Gasteiger partial charge in [-0.15, -0.1) is 0 Å². The number of aromatic nitrogens is 2. The van der Waals surface area contributed by atoms with Crippen molar-refractivity contribution in [2.75, 3.05) is 4.90 Å². The third-order valence-corrected chi connectivity index (χ3v) is 4.73. The van der Waals surface area contributed by atoms with E-state index in [4.69, 9.17) is 16.0 Å². The number of rotatable bonds is 2. The Kier molecular flexibility index (Phi) is 3.67. The van der Waals surface area contributed by atoms with E-state index in [1.54, 1.807) is 6.92 Å². The van der Waals surface area contributed by atoms with Gasteiger partial charge in [-0.25, -0.2) is 4.99 Å². The summed E-state index contributed by atoms with van der Waals surface area (Å²) < 4.78 is 5.28. The third kappa shape index (κ3) is 2.73. The molecule has 0 unspecified atom stereocenters. The summed E-state index contributed by atoms with van der Waals surface area (Å²) in [5.74, 6) is 1.70. The SMILES string of the molecule is Cc1noc(-c2cccc(N3C(N)=NC(N)=NC34CCCCC4)c2)n1. The number of nitrogens with zero attached hydrogens (tertiary/aromatic N) is 5. The molecule has 1 aliphatic heterocycles. The fourth-order valence-electron chi connectivity index (χ4n) is 3.69. The predicted molar refractivity (Wildman–Crippen MR) is 96.0 cm³/mol. The maximum absolute atomic E-state index is 6.26. The summed E-state index contributed by atoms with van der Waals surface area (Å²) in [6, 6.07) is 7.83. The molecule has 2 aromatic rings. The van der Waals surface area contributed by atoms with Crippen molar-refractivity contribution in [2.45, 2.75) is 44.7 Å². The Balaban J connectivity index is 1.78. The van der Waals surface area contributed by atoms with Gasteiger partial charge in [-0.2, -0.15) is 9.98 Å². The molecule has 0 atom stereocenters. The fraction of sp³-hybridized carbons (Fsp3) is 0.412. The largest absolute Gasteiger partial charge is 0.369 e. The van der Waals surface area contributed by atoms with Crippen LogP contribution in [0.1, 0.15) is 37.9 Å². The average molecular weight is 339 g/mol. The van der Waals surface area contributed by atoms with Crippen LogP contribution in [0.2, 0.25) is 0 Å². The topological polar surface area (TPSA) is 119 Å². The van der Waals surface area contributed by atoms with Gasteiger partial charge in [0.1, 0.15) is 5.66 Å². The van der Waals surface area contributed by atoms with Crippen LogP contribution in [0.4, 0.5) is 5.69 Å². The summed E-state index contributed by atoms with van der Waals surface area (Å²) in [7, 11) is 0. The van der Waals surface area contributed by atoms with Gasteiger partial charge in [0.2, 0.25) is 11.9 Å². The molecule has 4 N–H and O–H groups in total. The molecule has 0 radical (unpaired) electrons. The summed E-state index contributed by atoms with van der Waals surface area (Å²) >= 11 is 0. The van der Waals surface area contributed by atoms with Crippen molar-refractivity contribution in [1.82, 2.24) is 10.1 Å². The molecular weight excluding hydrogens is 318 g/mol. The van der Waals surface area contributed by atoms with Gasteiger partial charge >= 0.3 is 0 Å². The van der Waals surface area contributed by atoms with Crippen molar-refractivity contribution in [3.05, 3.63) is 30.1 Å². The molecule has 1 aromatic carbocycles. The molecule has 1 saturated carbocycles. The minimum absolute atomic E-state index is 0.249. The monoisotopic (exact) mass is 339 g/mol. The highest BCUT2D eigenvalue weighted by Crippen LogP contribution is 2.40. The van der Waals surface area contributed by atoms with E-state index in [0.29, 0.717) is 17.7 Å². The fourth-order valence-corrected chi connectivity index (χ4v) is 3.69. The zero-order chi connectivity index (χ0) is 17.4. The van der Waals surface area contributed by atoms with Crippen LogP contribution in [0.15, 0.2) is 38.8 Å². The average Bonchev–Trinajstić information content (AvgIpc) is 3.01. The second-order valence-electron chi connectivity index (χ2n) is 6.52. The van der Waals surface area contributed by atoms with Crippen LogP contribution in [0.25, 0.3) is 11.5 Å². The predicted octanol–water partition coefficient (Wildman–Crippen LogP) is 2.15. The van der Waals surface area contributed by atoms with Crippen LogP contribution in [-0.2, 0) is 0 Å². The van der Waals surface area contributed by atoms with E-state index < -0.39 is 5.66 Å². The van der Waals surface area contributed by atoms with E-state index in [1.165, 1.54) is 6.42 Å². The van der Waals surface area contributed by atoms with E-state index in [1.807, 2.05) is 29.2 Å². The summed E-state index contributed by atoms with van der Waals surface area (Å²) in [5.41, 5.74) is 13.4. The quantitative estimate of drug-likeness (QED) is 0.865. The van der Waals surface area contributed by atoms with Gasteiger partial charge in [-0.1, -0.05) is 17.6 Å². The molecule has 2 aliphatic rings. The Labute approximate surface area is 145 Å². The van der Waals surface area contributed by atoms with Crippen molar-refractivity contribution >= 4 is 17.6 Å². The number of aliphatic imine (C=N–C) groups is 2. The second kappa shape index (κ2) is 5.87. The van der Waals surface area contributed by atoms with Gasteiger partial charge in [0.05, 0.1) is 0 Å². The highest BCUT2D eigenvalue weighted by Gasteiger charge is 2.42. The molecule has 1 fully saturated rings. The standard InChI is InChI=1S/C17H21N7O/c1-11-20-14(25-23-11)12-6-5-7-13(10-12)24-16(19)21-15(18)22-17(24)8-3-2-4-9-17/h5-7,10H,2-4,8-9H2,1H3,(H4,18,19,21,22). The van der Waals surface area contributed by atoms with Crippen LogP contribution in [0.5, 0.6) is 0 Å². The first kappa shape index (κ1) is 15.6. The minimum atomic E-state index is -0.461. The maximum Gasteiger partial charge on any atom is 0.257 e. The van der Waals surface area contributed by atoms with Crippen LogP contribution in [0.3, 0.4) is 0 Å². The normalized spacial score (nSPS) is 19.6. The summed E-state index contributed by atoms with van der Waals surface area (Å²) in [6.45, 7) is 1.79. The minimum Gasteiger partial charge on any atom is -0.369 e. The Morgan fingerprint density at radius 1 is 1.16 bits per heavy atom. The highest BCUT2D eigenvalue weighted by atomic mass is 16.5. The first-order valence-corrected chi connectivity index (χ1v) is 8.48. The zero-order valence-electron chi connectivity index (χ0n) is 14.1. The molecule has 4 rings (SSSR count). The number of anilines is 1. The van der Waals surface area contributed by atoms with E-state index in [-0.39, 0.29) is 5.96 Å². The number of benzene rings is 1.